The second-order valence-corrected chi connectivity index (χ2v) is 6.39. The van der Waals surface area contributed by atoms with Crippen LogP contribution in [0.15, 0.2) is 17.3 Å². The molecule has 0 bridgehead atoms. The van der Waals surface area contributed by atoms with Gasteiger partial charge in [0.1, 0.15) is 0 Å². The average Bonchev–Trinajstić information content (AvgIpc) is 2.82. The van der Waals surface area contributed by atoms with E-state index in [1.165, 1.54) is 11.3 Å². The van der Waals surface area contributed by atoms with Crippen LogP contribution < -0.4 is 10.5 Å². The Morgan fingerprint density at radius 1 is 1.28 bits per heavy atom. The molecule has 2 rings (SSSR count). The van der Waals surface area contributed by atoms with E-state index in [0.29, 0.717) is 4.88 Å². The van der Waals surface area contributed by atoms with Crippen molar-refractivity contribution in [2.24, 2.45) is 10.9 Å². The van der Waals surface area contributed by atoms with E-state index < -0.39 is 7.12 Å². The summed E-state index contributed by atoms with van der Waals surface area (Å²) in [4.78, 5) is 0.696. The third-order valence-corrected chi connectivity index (χ3v) is 4.60. The fourth-order valence-electron chi connectivity index (χ4n) is 1.63. The van der Waals surface area contributed by atoms with Crippen LogP contribution in [0.1, 0.15) is 32.6 Å². The zero-order valence-electron chi connectivity index (χ0n) is 10.9. The molecular formula is C11H17BN2O3S. The first-order chi connectivity index (χ1) is 8.27. The van der Waals surface area contributed by atoms with E-state index in [9.17, 15) is 0 Å². The molecule has 1 aromatic rings. The normalized spacial score (nSPS) is 22.4. The molecule has 0 aromatic carbocycles. The van der Waals surface area contributed by atoms with Gasteiger partial charge >= 0.3 is 7.12 Å². The van der Waals surface area contributed by atoms with E-state index in [-0.39, 0.29) is 17.0 Å². The first-order valence-corrected chi connectivity index (χ1v) is 6.52. The molecule has 0 unspecified atom stereocenters. The quantitative estimate of drug-likeness (QED) is 0.277. The Bertz CT molecular complexity index is 468. The van der Waals surface area contributed by atoms with Crippen LogP contribution in [0.4, 0.5) is 0 Å². The number of thiophene rings is 1. The van der Waals surface area contributed by atoms with Gasteiger partial charge in [0.15, 0.2) is 5.84 Å². The van der Waals surface area contributed by atoms with E-state index in [0.717, 1.165) is 4.78 Å². The summed E-state index contributed by atoms with van der Waals surface area (Å²) < 4.78 is 12.8. The van der Waals surface area contributed by atoms with Crippen LogP contribution in [-0.2, 0) is 9.31 Å². The van der Waals surface area contributed by atoms with E-state index in [2.05, 4.69) is 5.16 Å². The lowest BCUT2D eigenvalue weighted by molar-refractivity contribution is 0.00578. The molecule has 0 spiro atoms. The fraction of sp³-hybridized carbons (Fsp3) is 0.545. The van der Waals surface area contributed by atoms with Gasteiger partial charge in [0, 0.05) is 4.78 Å². The number of hydrogen-bond acceptors (Lipinski definition) is 5. The van der Waals surface area contributed by atoms with E-state index in [1.54, 1.807) is 6.07 Å². The number of nitrogens with zero attached hydrogens (tertiary/aromatic N) is 1. The van der Waals surface area contributed by atoms with Crippen molar-refractivity contribution >= 4 is 29.1 Å². The summed E-state index contributed by atoms with van der Waals surface area (Å²) >= 11 is 1.40. The molecule has 0 atom stereocenters. The smallest absolute Gasteiger partial charge is 0.409 e. The lowest BCUT2D eigenvalue weighted by atomic mass is 9.88. The molecule has 98 valence electrons. The van der Waals surface area contributed by atoms with Crippen molar-refractivity contribution in [3.63, 3.8) is 0 Å². The molecule has 1 saturated heterocycles. The SMILES string of the molecule is CC1(C)OB(c2ccc(/C(N)=N/O)s2)OC1(C)C. The van der Waals surface area contributed by atoms with E-state index >= 15 is 0 Å². The van der Waals surface area contributed by atoms with Gasteiger partial charge in [-0.25, -0.2) is 0 Å². The van der Waals surface area contributed by atoms with Crippen molar-refractivity contribution in [1.29, 1.82) is 0 Å². The fourth-order valence-corrected chi connectivity index (χ4v) is 2.49. The van der Waals surface area contributed by atoms with Crippen LogP contribution in [-0.4, -0.2) is 29.4 Å². The third-order valence-electron chi connectivity index (χ3n) is 3.47. The van der Waals surface area contributed by atoms with Crippen LogP contribution in [0.25, 0.3) is 0 Å². The molecular weight excluding hydrogens is 251 g/mol. The molecule has 1 fully saturated rings. The van der Waals surface area contributed by atoms with Gasteiger partial charge in [-0.3, -0.25) is 0 Å². The summed E-state index contributed by atoms with van der Waals surface area (Å²) in [6.07, 6.45) is 0. The summed E-state index contributed by atoms with van der Waals surface area (Å²) in [6.45, 7) is 8.02. The second-order valence-electron chi connectivity index (χ2n) is 5.28. The number of hydrogen-bond donors (Lipinski definition) is 2. The molecule has 7 heteroatoms. The highest BCUT2D eigenvalue weighted by atomic mass is 32.1. The Kier molecular flexibility index (Phi) is 3.17. The van der Waals surface area contributed by atoms with E-state index in [1.807, 2.05) is 33.8 Å². The predicted octanol–water partition coefficient (Wildman–Crippen LogP) is 1.14. The van der Waals surface area contributed by atoms with Crippen LogP contribution in [0.3, 0.4) is 0 Å². The number of rotatable bonds is 2. The van der Waals surface area contributed by atoms with Gasteiger partial charge < -0.3 is 20.2 Å². The minimum Gasteiger partial charge on any atom is -0.409 e. The molecule has 18 heavy (non-hydrogen) atoms. The standard InChI is InChI=1S/C11H17BN2O3S/c1-10(2)11(3,4)17-12(16-10)8-6-5-7(18-8)9(13)14-15/h5-6,15H,1-4H3,(H2,13,14). The second kappa shape index (κ2) is 4.26. The maximum atomic E-state index is 8.64. The van der Waals surface area contributed by atoms with Crippen LogP contribution in [0.5, 0.6) is 0 Å². The number of nitrogens with two attached hydrogens (primary N) is 1. The predicted molar refractivity (Wildman–Crippen MR) is 72.5 cm³/mol. The van der Waals surface area contributed by atoms with Crippen molar-refractivity contribution < 1.29 is 14.5 Å². The van der Waals surface area contributed by atoms with Crippen LogP contribution in [0.2, 0.25) is 0 Å². The molecule has 1 aliphatic rings. The molecule has 0 amide bonds. The molecule has 0 radical (unpaired) electrons. The maximum Gasteiger partial charge on any atom is 0.505 e. The Hall–Kier alpha value is -1.05. The van der Waals surface area contributed by atoms with Gasteiger partial charge in [0.25, 0.3) is 0 Å². The molecule has 1 aliphatic heterocycles. The first kappa shape index (κ1) is 13.4. The van der Waals surface area contributed by atoms with Crippen LogP contribution in [0, 0.1) is 0 Å². The molecule has 1 aromatic heterocycles. The highest BCUT2D eigenvalue weighted by Gasteiger charge is 2.52. The van der Waals surface area contributed by atoms with Gasteiger partial charge in [-0.1, -0.05) is 11.2 Å². The van der Waals surface area contributed by atoms with Crippen molar-refractivity contribution in [3.05, 3.63) is 17.0 Å². The molecule has 5 nitrogen and oxygen atoms in total. The lowest BCUT2D eigenvalue weighted by Crippen LogP contribution is -2.41. The lowest BCUT2D eigenvalue weighted by Gasteiger charge is -2.32. The van der Waals surface area contributed by atoms with Crippen molar-refractivity contribution in [2.45, 2.75) is 38.9 Å². The van der Waals surface area contributed by atoms with Crippen molar-refractivity contribution in [1.82, 2.24) is 0 Å². The van der Waals surface area contributed by atoms with Crippen molar-refractivity contribution in [2.75, 3.05) is 0 Å². The number of amidine groups is 1. The maximum absolute atomic E-state index is 8.64. The summed E-state index contributed by atoms with van der Waals surface area (Å²) in [7, 11) is -0.403. The average molecular weight is 268 g/mol. The molecule has 3 N–H and O–H groups in total. The minimum atomic E-state index is -0.403. The topological polar surface area (TPSA) is 77.1 Å². The Morgan fingerprint density at radius 2 is 1.83 bits per heavy atom. The number of oxime groups is 1. The molecule has 2 heterocycles. The monoisotopic (exact) mass is 268 g/mol. The summed E-state index contributed by atoms with van der Waals surface area (Å²) in [5.41, 5.74) is 4.82. The molecule has 0 aliphatic carbocycles. The highest BCUT2D eigenvalue weighted by Crippen LogP contribution is 2.36. The Labute approximate surface area is 111 Å². The van der Waals surface area contributed by atoms with Crippen molar-refractivity contribution in [3.8, 4) is 0 Å². The van der Waals surface area contributed by atoms with Gasteiger partial charge in [-0.2, -0.15) is 0 Å². The highest BCUT2D eigenvalue weighted by molar-refractivity contribution is 7.23. The minimum absolute atomic E-state index is 0.0998. The molecule has 0 saturated carbocycles. The largest absolute Gasteiger partial charge is 0.505 e. The first-order valence-electron chi connectivity index (χ1n) is 5.70. The summed E-state index contributed by atoms with van der Waals surface area (Å²) in [5, 5.41) is 11.6. The third kappa shape index (κ3) is 2.13. The Balaban J connectivity index is 2.23. The Morgan fingerprint density at radius 3 is 2.33 bits per heavy atom. The zero-order chi connectivity index (χ0) is 13.6. The van der Waals surface area contributed by atoms with Gasteiger partial charge in [0.2, 0.25) is 0 Å². The summed E-state index contributed by atoms with van der Waals surface area (Å²) in [5.74, 6) is 0.0998. The van der Waals surface area contributed by atoms with Gasteiger partial charge in [-0.05, 0) is 33.8 Å². The van der Waals surface area contributed by atoms with E-state index in [4.69, 9.17) is 20.2 Å². The summed E-state index contributed by atoms with van der Waals surface area (Å²) in [6, 6.07) is 3.67. The van der Waals surface area contributed by atoms with Gasteiger partial charge in [0.05, 0.1) is 16.1 Å². The van der Waals surface area contributed by atoms with Crippen LogP contribution >= 0.6 is 11.3 Å². The zero-order valence-corrected chi connectivity index (χ0v) is 11.7. The van der Waals surface area contributed by atoms with Gasteiger partial charge in [-0.15, -0.1) is 11.3 Å².